The Morgan fingerprint density at radius 1 is 1.56 bits per heavy atom. The van der Waals surface area contributed by atoms with Gasteiger partial charge >= 0.3 is 0 Å². The molecule has 0 aliphatic rings. The predicted molar refractivity (Wildman–Crippen MR) is 67.1 cm³/mol. The van der Waals surface area contributed by atoms with Crippen molar-refractivity contribution in [3.63, 3.8) is 0 Å². The highest BCUT2D eigenvalue weighted by Gasteiger charge is 2.27. The second kappa shape index (κ2) is 5.78. The fraction of sp³-hybridized carbons (Fsp3) is 0.400. The number of pyridine rings is 1. The Hall–Kier alpha value is -1.67. The predicted octanol–water partition coefficient (Wildman–Crippen LogP) is -0.580. The molecule has 0 saturated carbocycles. The molecule has 0 radical (unpaired) electrons. The Kier molecular flexibility index (Phi) is 4.62. The van der Waals surface area contributed by atoms with Gasteiger partial charge in [-0.05, 0) is 12.1 Å². The first-order valence-corrected chi connectivity index (χ1v) is 6.78. The molecule has 8 heteroatoms. The molecule has 1 aromatic heterocycles. The summed E-state index contributed by atoms with van der Waals surface area (Å²) in [5.74, 6) is -0.462. The molecule has 7 nitrogen and oxygen atoms in total. The van der Waals surface area contributed by atoms with Gasteiger partial charge in [-0.3, -0.25) is 4.79 Å². The van der Waals surface area contributed by atoms with Crippen LogP contribution >= 0.6 is 0 Å². The number of amides is 1. The summed E-state index contributed by atoms with van der Waals surface area (Å²) in [4.78, 5) is 14.9. The van der Waals surface area contributed by atoms with Crippen molar-refractivity contribution >= 4 is 21.7 Å². The summed E-state index contributed by atoms with van der Waals surface area (Å²) in [6, 6.07) is 2.85. The number of hydrogen-bond donors (Lipinski definition) is 2. The van der Waals surface area contributed by atoms with Crippen molar-refractivity contribution in [3.8, 4) is 0 Å². The first kappa shape index (κ1) is 14.4. The third-order valence-electron chi connectivity index (χ3n) is 2.37. The molecule has 3 N–H and O–H groups in total. The average molecular weight is 272 g/mol. The van der Waals surface area contributed by atoms with E-state index in [4.69, 9.17) is 5.73 Å². The number of carbonyl (C=O) groups is 1. The molecule has 100 valence electrons. The van der Waals surface area contributed by atoms with Gasteiger partial charge in [-0.15, -0.1) is 0 Å². The van der Waals surface area contributed by atoms with Crippen LogP contribution in [0, 0.1) is 0 Å². The Balaban J connectivity index is 3.12. The maximum Gasteiger partial charge on any atom is 0.247 e. The van der Waals surface area contributed by atoms with E-state index in [1.54, 1.807) is 6.92 Å². The van der Waals surface area contributed by atoms with E-state index < -0.39 is 10.0 Å². The van der Waals surface area contributed by atoms with Crippen LogP contribution in [0.25, 0.3) is 0 Å². The van der Waals surface area contributed by atoms with Crippen molar-refractivity contribution < 1.29 is 13.2 Å². The monoisotopic (exact) mass is 272 g/mol. The van der Waals surface area contributed by atoms with Crippen LogP contribution in [-0.4, -0.2) is 43.8 Å². The Morgan fingerprint density at radius 2 is 2.22 bits per heavy atom. The topological polar surface area (TPSA) is 105 Å². The number of sulfonamides is 1. The summed E-state index contributed by atoms with van der Waals surface area (Å²) in [5, 5.41) is 2.38. The van der Waals surface area contributed by atoms with Crippen molar-refractivity contribution in [2.75, 3.05) is 25.9 Å². The van der Waals surface area contributed by atoms with Gasteiger partial charge in [0, 0.05) is 19.8 Å². The Morgan fingerprint density at radius 3 is 2.72 bits per heavy atom. The number of nitrogens with zero attached hydrogens (tertiary/aromatic N) is 2. The van der Waals surface area contributed by atoms with Crippen LogP contribution in [0.1, 0.15) is 6.92 Å². The molecule has 0 spiro atoms. The van der Waals surface area contributed by atoms with Gasteiger partial charge in [-0.2, -0.15) is 4.31 Å². The largest absolute Gasteiger partial charge is 0.383 e. The van der Waals surface area contributed by atoms with Crippen LogP contribution in [-0.2, 0) is 14.8 Å². The fourth-order valence-electron chi connectivity index (χ4n) is 1.37. The zero-order chi connectivity index (χ0) is 13.8. The Bertz CT molecular complexity index is 530. The van der Waals surface area contributed by atoms with Crippen LogP contribution in [0.15, 0.2) is 23.2 Å². The maximum atomic E-state index is 12.3. The molecule has 0 bridgehead atoms. The van der Waals surface area contributed by atoms with Crippen LogP contribution in [0.2, 0.25) is 0 Å². The zero-order valence-corrected chi connectivity index (χ0v) is 11.1. The molecule has 0 aliphatic heterocycles. The van der Waals surface area contributed by atoms with E-state index in [1.165, 1.54) is 25.4 Å². The van der Waals surface area contributed by atoms with Gasteiger partial charge in [0.1, 0.15) is 10.7 Å². The minimum Gasteiger partial charge on any atom is -0.383 e. The van der Waals surface area contributed by atoms with Gasteiger partial charge in [0.2, 0.25) is 15.9 Å². The lowest BCUT2D eigenvalue weighted by Gasteiger charge is -2.19. The molecule has 0 unspecified atom stereocenters. The van der Waals surface area contributed by atoms with Gasteiger partial charge in [0.05, 0.1) is 6.54 Å². The zero-order valence-electron chi connectivity index (χ0n) is 10.3. The molecule has 0 saturated heterocycles. The second-order valence-corrected chi connectivity index (χ2v) is 5.40. The molecule has 0 fully saturated rings. The van der Waals surface area contributed by atoms with E-state index in [0.29, 0.717) is 0 Å². The number of nitrogens with two attached hydrogens (primary N) is 1. The minimum absolute atomic E-state index is 0.0761. The lowest BCUT2D eigenvalue weighted by Crippen LogP contribution is -2.39. The third-order valence-corrected chi connectivity index (χ3v) is 4.34. The molecule has 0 aromatic carbocycles. The third kappa shape index (κ3) is 2.96. The van der Waals surface area contributed by atoms with E-state index in [9.17, 15) is 13.2 Å². The van der Waals surface area contributed by atoms with Gasteiger partial charge < -0.3 is 11.1 Å². The highest BCUT2D eigenvalue weighted by Crippen LogP contribution is 2.19. The molecule has 1 amide bonds. The number of nitrogen functional groups attached to an aromatic ring is 1. The van der Waals surface area contributed by atoms with Crippen LogP contribution in [0.3, 0.4) is 0 Å². The lowest BCUT2D eigenvalue weighted by atomic mass is 10.5. The maximum absolute atomic E-state index is 12.3. The molecule has 1 aromatic rings. The van der Waals surface area contributed by atoms with Crippen molar-refractivity contribution in [3.05, 3.63) is 18.3 Å². The number of hydrogen-bond acceptors (Lipinski definition) is 5. The van der Waals surface area contributed by atoms with E-state index in [0.717, 1.165) is 4.31 Å². The van der Waals surface area contributed by atoms with Gasteiger partial charge in [0.25, 0.3) is 0 Å². The van der Waals surface area contributed by atoms with Gasteiger partial charge in [0.15, 0.2) is 0 Å². The minimum atomic E-state index is -3.80. The Labute approximate surface area is 106 Å². The average Bonchev–Trinajstić information content (AvgIpc) is 2.35. The quantitative estimate of drug-likeness (QED) is 0.746. The second-order valence-electron chi connectivity index (χ2n) is 3.49. The van der Waals surface area contributed by atoms with Crippen LogP contribution < -0.4 is 11.1 Å². The first-order valence-electron chi connectivity index (χ1n) is 5.34. The van der Waals surface area contributed by atoms with E-state index in [2.05, 4.69) is 10.3 Å². The number of nitrogens with one attached hydrogen (secondary N) is 1. The van der Waals surface area contributed by atoms with Crippen LogP contribution in [0.4, 0.5) is 5.82 Å². The SMILES string of the molecule is CCN(CC(=O)NC)S(=O)(=O)c1cccnc1N. The van der Waals surface area contributed by atoms with E-state index in [-0.39, 0.29) is 29.7 Å². The molecule has 1 heterocycles. The highest BCUT2D eigenvalue weighted by molar-refractivity contribution is 7.89. The number of carbonyl (C=O) groups excluding carboxylic acids is 1. The van der Waals surface area contributed by atoms with Crippen molar-refractivity contribution in [1.82, 2.24) is 14.6 Å². The molecular weight excluding hydrogens is 256 g/mol. The molecule has 0 aliphatic carbocycles. The summed E-state index contributed by atoms with van der Waals surface area (Å²) in [7, 11) is -2.36. The standard InChI is InChI=1S/C10H16N4O3S/c1-3-14(7-9(15)12-2)18(16,17)8-5-4-6-13-10(8)11/h4-6H,3,7H2,1-2H3,(H2,11,13)(H,12,15). The van der Waals surface area contributed by atoms with Crippen molar-refractivity contribution in [2.45, 2.75) is 11.8 Å². The number of rotatable bonds is 5. The van der Waals surface area contributed by atoms with Crippen LogP contribution in [0.5, 0.6) is 0 Å². The summed E-state index contributed by atoms with van der Waals surface area (Å²) < 4.78 is 25.6. The van der Waals surface area contributed by atoms with E-state index >= 15 is 0 Å². The lowest BCUT2D eigenvalue weighted by molar-refractivity contribution is -0.120. The van der Waals surface area contributed by atoms with E-state index in [1.807, 2.05) is 0 Å². The molecule has 1 rings (SSSR count). The molecule has 18 heavy (non-hydrogen) atoms. The molecule has 0 atom stereocenters. The smallest absolute Gasteiger partial charge is 0.247 e. The highest BCUT2D eigenvalue weighted by atomic mass is 32.2. The van der Waals surface area contributed by atoms with Gasteiger partial charge in [-0.25, -0.2) is 13.4 Å². The van der Waals surface area contributed by atoms with Crippen molar-refractivity contribution in [1.29, 1.82) is 0 Å². The first-order chi connectivity index (χ1) is 8.43. The van der Waals surface area contributed by atoms with Crippen molar-refractivity contribution in [2.24, 2.45) is 0 Å². The number of anilines is 1. The number of aromatic nitrogens is 1. The van der Waals surface area contributed by atoms with Gasteiger partial charge in [-0.1, -0.05) is 6.92 Å². The summed E-state index contributed by atoms with van der Waals surface area (Å²) >= 11 is 0. The number of likely N-dealkylation sites (N-methyl/N-ethyl adjacent to an activating group) is 2. The summed E-state index contributed by atoms with van der Waals surface area (Å²) in [6.45, 7) is 1.57. The fourth-order valence-corrected chi connectivity index (χ4v) is 2.84. The molecular formula is C10H16N4O3S. The normalized spacial score (nSPS) is 11.5. The summed E-state index contributed by atoms with van der Waals surface area (Å²) in [6.07, 6.45) is 1.41. The summed E-state index contributed by atoms with van der Waals surface area (Å²) in [5.41, 5.74) is 5.54.